The average Bonchev–Trinajstić information content (AvgIpc) is 3.29. The quantitative estimate of drug-likeness (QED) is 0.394. The lowest BCUT2D eigenvalue weighted by molar-refractivity contribution is -0.120. The molecule has 6 nitrogen and oxygen atoms in total. The van der Waals surface area contributed by atoms with Crippen molar-refractivity contribution in [2.24, 2.45) is 5.92 Å². The monoisotopic (exact) mass is 541 g/mol. The van der Waals surface area contributed by atoms with Gasteiger partial charge in [0.1, 0.15) is 0 Å². The summed E-state index contributed by atoms with van der Waals surface area (Å²) < 4.78 is 27.3. The van der Waals surface area contributed by atoms with Gasteiger partial charge in [-0.15, -0.1) is 23.1 Å². The minimum absolute atomic E-state index is 0.147. The topological polar surface area (TPSA) is 79.4 Å². The van der Waals surface area contributed by atoms with E-state index >= 15 is 0 Å². The number of nitrogens with one attached hydrogen (secondary N) is 1. The van der Waals surface area contributed by atoms with Crippen LogP contribution in [-0.2, 0) is 14.8 Å². The van der Waals surface area contributed by atoms with E-state index in [1.54, 1.807) is 48.2 Å². The number of amides is 1. The lowest BCUT2D eigenvalue weighted by Crippen LogP contribution is -2.41. The van der Waals surface area contributed by atoms with Gasteiger partial charge in [0, 0.05) is 34.8 Å². The molecule has 1 aromatic heterocycles. The highest BCUT2D eigenvalue weighted by molar-refractivity contribution is 7.98. The molecular weight excluding hydrogens is 521 g/mol. The number of thioether (sulfide) groups is 1. The molecule has 4 rings (SSSR count). The third-order valence-electron chi connectivity index (χ3n) is 5.47. The van der Waals surface area contributed by atoms with Crippen LogP contribution in [0.5, 0.6) is 0 Å². The Morgan fingerprint density at radius 3 is 2.45 bits per heavy atom. The second-order valence-corrected chi connectivity index (χ2v) is 12.0. The molecule has 11 heteroatoms. The van der Waals surface area contributed by atoms with E-state index in [4.69, 9.17) is 23.2 Å². The zero-order chi connectivity index (χ0) is 23.6. The van der Waals surface area contributed by atoms with Crippen molar-refractivity contribution >= 4 is 67.4 Å². The molecule has 0 aliphatic carbocycles. The first-order chi connectivity index (χ1) is 15.8. The molecule has 1 saturated heterocycles. The number of carbonyl (C=O) groups is 1. The van der Waals surface area contributed by atoms with E-state index in [2.05, 4.69) is 10.3 Å². The van der Waals surface area contributed by atoms with Gasteiger partial charge in [-0.05, 0) is 55.5 Å². The first-order valence-corrected chi connectivity index (χ1v) is 14.4. The molecule has 0 unspecified atom stereocenters. The summed E-state index contributed by atoms with van der Waals surface area (Å²) in [6, 6.07) is 12.1. The van der Waals surface area contributed by atoms with Gasteiger partial charge >= 0.3 is 0 Å². The van der Waals surface area contributed by atoms with Crippen molar-refractivity contribution in [1.82, 2.24) is 9.29 Å². The highest BCUT2D eigenvalue weighted by Crippen LogP contribution is 2.31. The number of anilines is 1. The molecule has 2 heterocycles. The van der Waals surface area contributed by atoms with Crippen LogP contribution >= 0.6 is 46.3 Å². The number of aromatic nitrogens is 1. The van der Waals surface area contributed by atoms with Crippen LogP contribution in [0.4, 0.5) is 5.13 Å². The van der Waals surface area contributed by atoms with E-state index in [-0.39, 0.29) is 16.7 Å². The predicted molar refractivity (Wildman–Crippen MR) is 136 cm³/mol. The Labute approximate surface area is 211 Å². The summed E-state index contributed by atoms with van der Waals surface area (Å²) in [4.78, 5) is 18.5. The Morgan fingerprint density at radius 2 is 1.82 bits per heavy atom. The second-order valence-electron chi connectivity index (χ2n) is 7.51. The standard InChI is InChI=1S/C22H21Cl2N3O3S3/c1-31-16-3-5-17(6-4-16)33(29,30)27-10-8-14(9-11-27)21(28)26-22-25-20(13-32-22)15-2-7-18(23)19(24)12-15/h2-7,12-14H,8-11H2,1H3,(H,25,26,28). The van der Waals surface area contributed by atoms with Crippen molar-refractivity contribution in [2.75, 3.05) is 24.7 Å². The van der Waals surface area contributed by atoms with E-state index in [1.165, 1.54) is 15.6 Å². The first kappa shape index (κ1) is 24.5. The van der Waals surface area contributed by atoms with Crippen LogP contribution in [-0.4, -0.2) is 43.0 Å². The van der Waals surface area contributed by atoms with Crippen LogP contribution in [0.1, 0.15) is 12.8 Å². The fourth-order valence-electron chi connectivity index (χ4n) is 3.58. The number of rotatable bonds is 6. The van der Waals surface area contributed by atoms with Gasteiger partial charge in [0.15, 0.2) is 5.13 Å². The maximum atomic E-state index is 12.9. The molecule has 33 heavy (non-hydrogen) atoms. The van der Waals surface area contributed by atoms with Crippen molar-refractivity contribution < 1.29 is 13.2 Å². The molecule has 2 aromatic carbocycles. The molecule has 0 atom stereocenters. The third kappa shape index (κ3) is 5.55. The molecule has 0 radical (unpaired) electrons. The maximum Gasteiger partial charge on any atom is 0.243 e. The molecule has 1 fully saturated rings. The Balaban J connectivity index is 1.36. The summed E-state index contributed by atoms with van der Waals surface area (Å²) in [5, 5.41) is 6.10. The number of carbonyl (C=O) groups excluding carboxylic acids is 1. The lowest BCUT2D eigenvalue weighted by atomic mass is 9.97. The third-order valence-corrected chi connectivity index (χ3v) is 9.62. The van der Waals surface area contributed by atoms with Crippen LogP contribution in [0.25, 0.3) is 11.3 Å². The van der Waals surface area contributed by atoms with E-state index in [9.17, 15) is 13.2 Å². The molecular formula is C22H21Cl2N3O3S3. The Morgan fingerprint density at radius 1 is 1.12 bits per heavy atom. The molecule has 174 valence electrons. The summed E-state index contributed by atoms with van der Waals surface area (Å²) in [6.07, 6.45) is 2.86. The smallest absolute Gasteiger partial charge is 0.243 e. The Bertz CT molecular complexity index is 1260. The van der Waals surface area contributed by atoms with Crippen molar-refractivity contribution in [1.29, 1.82) is 0 Å². The summed E-state index contributed by atoms with van der Waals surface area (Å²) in [5.41, 5.74) is 1.51. The van der Waals surface area contributed by atoms with Gasteiger partial charge in [0.25, 0.3) is 0 Å². The van der Waals surface area contributed by atoms with Crippen molar-refractivity contribution in [3.05, 3.63) is 57.9 Å². The van der Waals surface area contributed by atoms with Crippen LogP contribution < -0.4 is 5.32 Å². The largest absolute Gasteiger partial charge is 0.302 e. The fraction of sp³-hybridized carbons (Fsp3) is 0.273. The Hall–Kier alpha value is -1.62. The molecule has 1 aliphatic rings. The van der Waals surface area contributed by atoms with Crippen molar-refractivity contribution in [3.63, 3.8) is 0 Å². The number of nitrogens with zero attached hydrogens (tertiary/aromatic N) is 2. The van der Waals surface area contributed by atoms with Crippen LogP contribution in [0.2, 0.25) is 10.0 Å². The number of benzene rings is 2. The van der Waals surface area contributed by atoms with Gasteiger partial charge in [-0.25, -0.2) is 13.4 Å². The molecule has 1 aliphatic heterocycles. The highest BCUT2D eigenvalue weighted by Gasteiger charge is 2.32. The van der Waals surface area contributed by atoms with Crippen LogP contribution in [0, 0.1) is 5.92 Å². The van der Waals surface area contributed by atoms with E-state index < -0.39 is 10.0 Å². The van der Waals surface area contributed by atoms with Gasteiger partial charge in [-0.3, -0.25) is 4.79 Å². The summed E-state index contributed by atoms with van der Waals surface area (Å²) >= 11 is 14.9. The normalized spacial score (nSPS) is 15.5. The van der Waals surface area contributed by atoms with Crippen LogP contribution in [0.15, 0.2) is 57.6 Å². The summed E-state index contributed by atoms with van der Waals surface area (Å²) in [6.45, 7) is 0.605. The second kappa shape index (κ2) is 10.3. The van der Waals surface area contributed by atoms with Gasteiger partial charge in [-0.2, -0.15) is 4.31 Å². The average molecular weight is 543 g/mol. The van der Waals surface area contributed by atoms with Crippen LogP contribution in [0.3, 0.4) is 0 Å². The zero-order valence-corrected chi connectivity index (χ0v) is 21.6. The number of hydrogen-bond donors (Lipinski definition) is 1. The highest BCUT2D eigenvalue weighted by atomic mass is 35.5. The van der Waals surface area contributed by atoms with Gasteiger partial charge in [0.05, 0.1) is 20.6 Å². The molecule has 0 saturated carbocycles. The molecule has 0 bridgehead atoms. The first-order valence-electron chi connectivity index (χ1n) is 10.1. The predicted octanol–water partition coefficient (Wildman–Crippen LogP) is 5.88. The minimum Gasteiger partial charge on any atom is -0.302 e. The minimum atomic E-state index is -3.57. The number of thiazole rings is 1. The van der Waals surface area contributed by atoms with Crippen molar-refractivity contribution in [3.8, 4) is 11.3 Å². The summed E-state index contributed by atoms with van der Waals surface area (Å²) in [5.74, 6) is -0.418. The van der Waals surface area contributed by atoms with Gasteiger partial charge < -0.3 is 5.32 Å². The maximum absolute atomic E-state index is 12.9. The molecule has 1 N–H and O–H groups in total. The lowest BCUT2D eigenvalue weighted by Gasteiger charge is -2.30. The molecule has 0 spiro atoms. The van der Waals surface area contributed by atoms with E-state index in [0.717, 1.165) is 10.5 Å². The fourth-order valence-corrected chi connectivity index (χ4v) is 6.48. The summed E-state index contributed by atoms with van der Waals surface area (Å²) in [7, 11) is -3.57. The SMILES string of the molecule is CSc1ccc(S(=O)(=O)N2CCC(C(=O)Nc3nc(-c4ccc(Cl)c(Cl)c4)cs3)CC2)cc1. The van der Waals surface area contributed by atoms with E-state index in [0.29, 0.717) is 46.8 Å². The van der Waals surface area contributed by atoms with Gasteiger partial charge in [0.2, 0.25) is 15.9 Å². The molecule has 3 aromatic rings. The molecule has 1 amide bonds. The van der Waals surface area contributed by atoms with E-state index in [1.807, 2.05) is 17.7 Å². The zero-order valence-electron chi connectivity index (χ0n) is 17.6. The Kier molecular flexibility index (Phi) is 7.67. The van der Waals surface area contributed by atoms with Gasteiger partial charge in [-0.1, -0.05) is 29.3 Å². The number of sulfonamides is 1. The van der Waals surface area contributed by atoms with Crippen molar-refractivity contribution in [2.45, 2.75) is 22.6 Å². The number of halogens is 2. The number of hydrogen-bond acceptors (Lipinski definition) is 6. The number of piperidine rings is 1.